The van der Waals surface area contributed by atoms with Crippen LogP contribution < -0.4 is 10.1 Å². The molecule has 5 heteroatoms. The van der Waals surface area contributed by atoms with Crippen molar-refractivity contribution in [3.05, 3.63) is 65.7 Å². The number of ether oxygens (including phenoxy) is 1. The van der Waals surface area contributed by atoms with Crippen molar-refractivity contribution in [3.63, 3.8) is 0 Å². The maximum atomic E-state index is 13.5. The van der Waals surface area contributed by atoms with E-state index in [1.54, 1.807) is 38.3 Å². The van der Waals surface area contributed by atoms with Gasteiger partial charge in [-0.25, -0.2) is 8.78 Å². The zero-order chi connectivity index (χ0) is 16.1. The lowest BCUT2D eigenvalue weighted by Crippen LogP contribution is -2.11. The van der Waals surface area contributed by atoms with E-state index in [0.717, 1.165) is 17.7 Å². The Balaban J connectivity index is 2.15. The molecule has 0 aliphatic rings. The van der Waals surface area contributed by atoms with Gasteiger partial charge in [0.1, 0.15) is 23.1 Å². The van der Waals surface area contributed by atoms with Gasteiger partial charge in [0.25, 0.3) is 0 Å². The fraction of sp³-hybridized carbons (Fsp3) is 0.118. The molecule has 2 aromatic rings. The van der Waals surface area contributed by atoms with Crippen molar-refractivity contribution in [2.45, 2.75) is 6.92 Å². The lowest BCUT2D eigenvalue weighted by Gasteiger charge is -2.07. The van der Waals surface area contributed by atoms with E-state index >= 15 is 0 Å². The Labute approximate surface area is 127 Å². The van der Waals surface area contributed by atoms with E-state index < -0.39 is 23.2 Å². The molecule has 1 amide bonds. The number of hydrogen-bond donors (Lipinski definition) is 1. The summed E-state index contributed by atoms with van der Waals surface area (Å²) in [5.74, 6) is -1.53. The molecule has 0 radical (unpaired) electrons. The number of methoxy groups -OCH3 is 1. The van der Waals surface area contributed by atoms with Gasteiger partial charge in [-0.2, -0.15) is 0 Å². The van der Waals surface area contributed by atoms with E-state index in [-0.39, 0.29) is 0 Å². The summed E-state index contributed by atoms with van der Waals surface area (Å²) in [5, 5.41) is 2.21. The van der Waals surface area contributed by atoms with Crippen LogP contribution in [0.3, 0.4) is 0 Å². The quantitative estimate of drug-likeness (QED) is 0.867. The molecule has 0 aromatic heterocycles. The van der Waals surface area contributed by atoms with Crippen LogP contribution in [0.5, 0.6) is 5.75 Å². The van der Waals surface area contributed by atoms with Crippen LogP contribution in [0, 0.1) is 11.6 Å². The molecular formula is C17H15F2NO2. The molecule has 3 nitrogen and oxygen atoms in total. The fourth-order valence-corrected chi connectivity index (χ4v) is 1.91. The summed E-state index contributed by atoms with van der Waals surface area (Å²) in [4.78, 5) is 11.9. The van der Waals surface area contributed by atoms with Crippen LogP contribution in [0.4, 0.5) is 14.5 Å². The molecule has 0 saturated carbocycles. The average molecular weight is 303 g/mol. The van der Waals surface area contributed by atoms with Gasteiger partial charge in [-0.1, -0.05) is 18.2 Å². The molecule has 0 spiro atoms. The summed E-state index contributed by atoms with van der Waals surface area (Å²) in [5.41, 5.74) is 1.02. The zero-order valence-electron chi connectivity index (χ0n) is 12.2. The molecule has 0 bridgehead atoms. The van der Waals surface area contributed by atoms with Crippen LogP contribution in [-0.4, -0.2) is 13.0 Å². The van der Waals surface area contributed by atoms with Crippen LogP contribution >= 0.6 is 0 Å². The number of hydrogen-bond acceptors (Lipinski definition) is 2. The Bertz CT molecular complexity index is 689. The number of para-hydroxylation sites is 1. The van der Waals surface area contributed by atoms with Gasteiger partial charge in [-0.15, -0.1) is 0 Å². The van der Waals surface area contributed by atoms with Gasteiger partial charge in [0, 0.05) is 6.08 Å². The van der Waals surface area contributed by atoms with Crippen molar-refractivity contribution >= 4 is 17.2 Å². The zero-order valence-corrected chi connectivity index (χ0v) is 12.2. The molecule has 0 aliphatic carbocycles. The van der Waals surface area contributed by atoms with Crippen LogP contribution in [0.25, 0.3) is 5.57 Å². The Morgan fingerprint density at radius 2 is 1.68 bits per heavy atom. The topological polar surface area (TPSA) is 38.3 Å². The molecule has 0 saturated heterocycles. The second kappa shape index (κ2) is 6.85. The number of allylic oxidation sites excluding steroid dienone is 1. The number of carbonyl (C=O) groups excluding carboxylic acids is 1. The lowest BCUT2D eigenvalue weighted by molar-refractivity contribution is -0.111. The number of halogens is 2. The van der Waals surface area contributed by atoms with Crippen molar-refractivity contribution in [1.29, 1.82) is 0 Å². The number of benzene rings is 2. The number of rotatable bonds is 4. The first-order valence-corrected chi connectivity index (χ1v) is 6.59. The monoisotopic (exact) mass is 303 g/mol. The van der Waals surface area contributed by atoms with E-state index in [0.29, 0.717) is 11.3 Å². The third-order valence-corrected chi connectivity index (χ3v) is 3.10. The molecule has 2 aromatic carbocycles. The minimum Gasteiger partial charge on any atom is -0.497 e. The summed E-state index contributed by atoms with van der Waals surface area (Å²) in [6, 6.07) is 10.5. The third-order valence-electron chi connectivity index (χ3n) is 3.10. The molecule has 0 aliphatic heterocycles. The summed E-state index contributed by atoms with van der Waals surface area (Å²) in [6.07, 6.45) is 1.29. The number of amides is 1. The van der Waals surface area contributed by atoms with Gasteiger partial charge in [-0.3, -0.25) is 4.79 Å². The minimum atomic E-state index is -0.816. The average Bonchev–Trinajstić information content (AvgIpc) is 2.51. The van der Waals surface area contributed by atoms with Crippen molar-refractivity contribution in [1.82, 2.24) is 0 Å². The van der Waals surface area contributed by atoms with Crippen molar-refractivity contribution in [2.75, 3.05) is 12.4 Å². The predicted octanol–water partition coefficient (Wildman–Crippen LogP) is 4.02. The maximum absolute atomic E-state index is 13.5. The van der Waals surface area contributed by atoms with Crippen molar-refractivity contribution in [2.24, 2.45) is 0 Å². The molecule has 0 fully saturated rings. The van der Waals surface area contributed by atoms with E-state index in [1.807, 2.05) is 0 Å². The van der Waals surface area contributed by atoms with E-state index in [4.69, 9.17) is 4.74 Å². The van der Waals surface area contributed by atoms with Crippen LogP contribution in [0.2, 0.25) is 0 Å². The smallest absolute Gasteiger partial charge is 0.248 e. The van der Waals surface area contributed by atoms with Crippen molar-refractivity contribution in [3.8, 4) is 5.75 Å². The van der Waals surface area contributed by atoms with E-state index in [1.165, 1.54) is 12.1 Å². The highest BCUT2D eigenvalue weighted by Gasteiger charge is 2.10. The first-order chi connectivity index (χ1) is 10.5. The van der Waals surface area contributed by atoms with Gasteiger partial charge in [0.2, 0.25) is 5.91 Å². The Hall–Kier alpha value is -2.69. The third kappa shape index (κ3) is 3.69. The lowest BCUT2D eigenvalue weighted by atomic mass is 10.1. The summed E-state index contributed by atoms with van der Waals surface area (Å²) < 4.78 is 32.0. The number of carbonyl (C=O) groups is 1. The largest absolute Gasteiger partial charge is 0.497 e. The molecule has 0 unspecified atom stereocenters. The van der Waals surface area contributed by atoms with Gasteiger partial charge in [-0.05, 0) is 42.3 Å². The molecule has 22 heavy (non-hydrogen) atoms. The highest BCUT2D eigenvalue weighted by Crippen LogP contribution is 2.20. The summed E-state index contributed by atoms with van der Waals surface area (Å²) in [6.45, 7) is 1.74. The second-order valence-electron chi connectivity index (χ2n) is 4.64. The molecule has 0 heterocycles. The van der Waals surface area contributed by atoms with Crippen LogP contribution in [0.1, 0.15) is 12.5 Å². The summed E-state index contributed by atoms with van der Waals surface area (Å²) >= 11 is 0. The van der Waals surface area contributed by atoms with Crippen LogP contribution in [-0.2, 0) is 4.79 Å². The second-order valence-corrected chi connectivity index (χ2v) is 4.64. The van der Waals surface area contributed by atoms with Gasteiger partial charge in [0.05, 0.1) is 7.11 Å². The normalized spacial score (nSPS) is 11.2. The number of anilines is 1. The predicted molar refractivity (Wildman–Crippen MR) is 81.6 cm³/mol. The molecule has 1 N–H and O–H groups in total. The van der Waals surface area contributed by atoms with E-state index in [9.17, 15) is 13.6 Å². The Kier molecular flexibility index (Phi) is 4.88. The highest BCUT2D eigenvalue weighted by molar-refractivity contribution is 6.03. The van der Waals surface area contributed by atoms with Gasteiger partial charge < -0.3 is 10.1 Å². The SMILES string of the molecule is COc1ccc(/C(C)=C/C(=O)Nc2c(F)cccc2F)cc1. The standard InChI is InChI=1S/C17H15F2NO2/c1-11(12-6-8-13(22-2)9-7-12)10-16(21)20-17-14(18)4-3-5-15(17)19/h3-10H,1-2H3,(H,20,21)/b11-10+. The fourth-order valence-electron chi connectivity index (χ4n) is 1.91. The molecular weight excluding hydrogens is 288 g/mol. The Morgan fingerprint density at radius 1 is 1.09 bits per heavy atom. The van der Waals surface area contributed by atoms with Gasteiger partial charge >= 0.3 is 0 Å². The molecule has 2 rings (SSSR count). The molecule has 114 valence electrons. The minimum absolute atomic E-state index is 0.453. The maximum Gasteiger partial charge on any atom is 0.248 e. The Morgan fingerprint density at radius 3 is 2.23 bits per heavy atom. The number of nitrogens with one attached hydrogen (secondary N) is 1. The van der Waals surface area contributed by atoms with Crippen LogP contribution in [0.15, 0.2) is 48.5 Å². The van der Waals surface area contributed by atoms with E-state index in [2.05, 4.69) is 5.32 Å². The summed E-state index contributed by atoms with van der Waals surface area (Å²) in [7, 11) is 1.56. The first-order valence-electron chi connectivity index (χ1n) is 6.59. The molecule has 0 atom stereocenters. The first kappa shape index (κ1) is 15.7. The van der Waals surface area contributed by atoms with Gasteiger partial charge in [0.15, 0.2) is 0 Å². The highest BCUT2D eigenvalue weighted by atomic mass is 19.1. The van der Waals surface area contributed by atoms with Crippen molar-refractivity contribution < 1.29 is 18.3 Å².